The molecule has 4 aliphatic rings. The molecule has 5 atom stereocenters. The summed E-state index contributed by atoms with van der Waals surface area (Å²) in [6.45, 7) is 0.927. The normalized spacial score (nSPS) is 30.1. The maximum Gasteiger partial charge on any atom is 0.573 e. The lowest BCUT2D eigenvalue weighted by Gasteiger charge is -2.59. The van der Waals surface area contributed by atoms with Crippen LogP contribution in [0.2, 0.25) is 0 Å². The fourth-order valence-electron chi connectivity index (χ4n) is 7.37. The lowest BCUT2D eigenvalue weighted by Crippen LogP contribution is -2.68. The molecule has 2 aromatic carbocycles. The third-order valence-electron chi connectivity index (χ3n) is 8.92. The van der Waals surface area contributed by atoms with Crippen molar-refractivity contribution < 1.29 is 32.5 Å². The van der Waals surface area contributed by atoms with Gasteiger partial charge in [0.15, 0.2) is 11.5 Å². The van der Waals surface area contributed by atoms with Crippen molar-refractivity contribution >= 4 is 12.0 Å². The predicted octanol–water partition coefficient (Wildman–Crippen LogP) is 4.50. The number of ether oxygens (including phenoxy) is 2. The minimum Gasteiger partial charge on any atom is -0.504 e. The Morgan fingerprint density at radius 1 is 1.27 bits per heavy atom. The van der Waals surface area contributed by atoms with Gasteiger partial charge in [-0.1, -0.05) is 18.2 Å². The zero-order valence-electron chi connectivity index (χ0n) is 20.7. The van der Waals surface area contributed by atoms with Crippen molar-refractivity contribution in [2.75, 3.05) is 20.6 Å². The van der Waals surface area contributed by atoms with E-state index in [4.69, 9.17) is 4.74 Å². The lowest BCUT2D eigenvalue weighted by atomic mass is 9.51. The van der Waals surface area contributed by atoms with Crippen LogP contribution in [0.25, 0.3) is 6.08 Å². The fourth-order valence-corrected chi connectivity index (χ4v) is 7.37. The van der Waals surface area contributed by atoms with Crippen LogP contribution >= 0.6 is 0 Å². The summed E-state index contributed by atoms with van der Waals surface area (Å²) in [5, 5.41) is 10.7. The number of hydrogen-bond acceptors (Lipinski definition) is 5. The highest BCUT2D eigenvalue weighted by Gasteiger charge is 2.66. The Morgan fingerprint density at radius 2 is 2.08 bits per heavy atom. The summed E-state index contributed by atoms with van der Waals surface area (Å²) in [7, 11) is 3.93. The largest absolute Gasteiger partial charge is 0.573 e. The van der Waals surface area contributed by atoms with E-state index < -0.39 is 6.36 Å². The number of alkyl halides is 3. The summed E-state index contributed by atoms with van der Waals surface area (Å²) in [5.41, 5.74) is 2.53. The number of aromatic hydroxyl groups is 1. The van der Waals surface area contributed by atoms with Gasteiger partial charge < -0.3 is 24.4 Å². The van der Waals surface area contributed by atoms with Gasteiger partial charge >= 0.3 is 6.36 Å². The molecule has 37 heavy (non-hydrogen) atoms. The molecule has 1 N–H and O–H groups in total. The third-order valence-corrected chi connectivity index (χ3v) is 8.92. The maximum absolute atomic E-state index is 13.3. The number of piperidine rings is 1. The summed E-state index contributed by atoms with van der Waals surface area (Å²) in [4.78, 5) is 17.4. The zero-order valence-corrected chi connectivity index (χ0v) is 20.7. The van der Waals surface area contributed by atoms with Gasteiger partial charge in [0, 0.05) is 30.1 Å². The average Bonchev–Trinajstić information content (AvgIpc) is 3.20. The van der Waals surface area contributed by atoms with Gasteiger partial charge in [0.25, 0.3) is 0 Å². The van der Waals surface area contributed by atoms with Crippen molar-refractivity contribution in [3.05, 3.63) is 59.2 Å². The van der Waals surface area contributed by atoms with Gasteiger partial charge in [-0.3, -0.25) is 4.79 Å². The molecule has 1 saturated carbocycles. The molecule has 2 aliphatic heterocycles. The zero-order chi connectivity index (χ0) is 26.1. The highest BCUT2D eigenvalue weighted by Crippen LogP contribution is 2.64. The van der Waals surface area contributed by atoms with E-state index in [1.807, 2.05) is 6.07 Å². The van der Waals surface area contributed by atoms with Crippen molar-refractivity contribution in [2.45, 2.75) is 55.6 Å². The van der Waals surface area contributed by atoms with E-state index in [1.165, 1.54) is 35.9 Å². The number of halogens is 3. The number of likely N-dealkylation sites (tertiary alicyclic amines) is 1. The number of phenolic OH excluding ortho intramolecular Hbond substituents is 1. The van der Waals surface area contributed by atoms with Gasteiger partial charge in [-0.2, -0.15) is 0 Å². The number of phenols is 1. The average molecular weight is 515 g/mol. The summed E-state index contributed by atoms with van der Waals surface area (Å²) < 4.78 is 48.2. The van der Waals surface area contributed by atoms with E-state index in [2.05, 4.69) is 16.7 Å². The van der Waals surface area contributed by atoms with E-state index in [1.54, 1.807) is 24.1 Å². The van der Waals surface area contributed by atoms with Crippen LogP contribution in [-0.2, 0) is 16.6 Å². The van der Waals surface area contributed by atoms with Crippen LogP contribution in [-0.4, -0.2) is 66.0 Å². The first-order valence-corrected chi connectivity index (χ1v) is 12.6. The Kier molecular flexibility index (Phi) is 5.49. The summed E-state index contributed by atoms with van der Waals surface area (Å²) >= 11 is 0. The molecule has 196 valence electrons. The molecule has 2 fully saturated rings. The second-order valence-electron chi connectivity index (χ2n) is 10.7. The minimum atomic E-state index is -4.78. The molecule has 1 spiro atoms. The SMILES string of the molecule is CN(C(=O)/C=C/c1cccc(OC(F)(F)F)c1)C1CC[C@H]2[C@H]3Cc4ccc(O)c5c4[C@@]2(CCN3C)C1O5. The highest BCUT2D eigenvalue weighted by atomic mass is 19.4. The van der Waals surface area contributed by atoms with E-state index in [0.717, 1.165) is 37.8 Å². The standard InChI is InChI=1S/C28H29F3N2O4/c1-32-13-12-27-19-8-9-20(26(27)36-25-22(34)10-7-17(24(25)27)15-21(19)32)33(2)23(35)11-6-16-4-3-5-18(14-16)37-28(29,30)31/h3-7,10-11,14,19-21,26,34H,8-9,12-13,15H2,1-2H3/b11-6+/t19-,20?,21+,26?,27-/m0/s1. The number of rotatable bonds is 4. The van der Waals surface area contributed by atoms with Crippen LogP contribution in [0.1, 0.15) is 36.0 Å². The van der Waals surface area contributed by atoms with Gasteiger partial charge in [0.05, 0.1) is 6.04 Å². The molecule has 2 heterocycles. The van der Waals surface area contributed by atoms with Gasteiger partial charge in [-0.15, -0.1) is 13.2 Å². The summed E-state index contributed by atoms with van der Waals surface area (Å²) in [6.07, 6.45) is 1.38. The molecule has 1 amide bonds. The Morgan fingerprint density at radius 3 is 2.86 bits per heavy atom. The molecule has 2 bridgehead atoms. The van der Waals surface area contributed by atoms with E-state index in [0.29, 0.717) is 23.3 Å². The molecule has 6 nitrogen and oxygen atoms in total. The fraction of sp³-hybridized carbons (Fsp3) is 0.464. The van der Waals surface area contributed by atoms with Crippen molar-refractivity contribution in [3.63, 3.8) is 0 Å². The number of nitrogens with zero attached hydrogens (tertiary/aromatic N) is 2. The lowest BCUT2D eigenvalue weighted by molar-refractivity contribution is -0.274. The van der Waals surface area contributed by atoms with Crippen molar-refractivity contribution in [2.24, 2.45) is 5.92 Å². The van der Waals surface area contributed by atoms with Crippen LogP contribution in [0.15, 0.2) is 42.5 Å². The molecule has 2 aromatic rings. The first-order valence-electron chi connectivity index (χ1n) is 12.6. The molecular weight excluding hydrogens is 485 g/mol. The van der Waals surface area contributed by atoms with Crippen molar-refractivity contribution in [1.29, 1.82) is 0 Å². The Balaban J connectivity index is 1.27. The van der Waals surface area contributed by atoms with Gasteiger partial charge in [0.1, 0.15) is 11.9 Å². The Bertz CT molecular complexity index is 1280. The van der Waals surface area contributed by atoms with E-state index in [-0.39, 0.29) is 35.0 Å². The molecule has 0 aromatic heterocycles. The molecule has 1 saturated heterocycles. The molecule has 0 radical (unpaired) electrons. The minimum absolute atomic E-state index is 0.146. The maximum atomic E-state index is 13.3. The summed E-state index contributed by atoms with van der Waals surface area (Å²) in [6, 6.07) is 9.44. The first-order chi connectivity index (χ1) is 17.6. The van der Waals surface area contributed by atoms with Crippen LogP contribution in [0.5, 0.6) is 17.2 Å². The van der Waals surface area contributed by atoms with Gasteiger partial charge in [0.2, 0.25) is 5.91 Å². The smallest absolute Gasteiger partial charge is 0.504 e. The van der Waals surface area contributed by atoms with E-state index in [9.17, 15) is 23.1 Å². The number of amides is 1. The molecule has 9 heteroatoms. The quantitative estimate of drug-likeness (QED) is 0.609. The summed E-state index contributed by atoms with van der Waals surface area (Å²) in [5.74, 6) is 0.506. The highest BCUT2D eigenvalue weighted by molar-refractivity contribution is 5.92. The van der Waals surface area contributed by atoms with Crippen LogP contribution in [0, 0.1) is 5.92 Å². The molecular formula is C28H29F3N2O4. The van der Waals surface area contributed by atoms with Crippen LogP contribution in [0.3, 0.4) is 0 Å². The topological polar surface area (TPSA) is 62.2 Å². The number of benzene rings is 2. The predicted molar refractivity (Wildman–Crippen MR) is 130 cm³/mol. The van der Waals surface area contributed by atoms with Gasteiger partial charge in [-0.25, -0.2) is 0 Å². The van der Waals surface area contributed by atoms with Crippen LogP contribution < -0.4 is 9.47 Å². The van der Waals surface area contributed by atoms with Crippen LogP contribution in [0.4, 0.5) is 13.2 Å². The van der Waals surface area contributed by atoms with Crippen molar-refractivity contribution in [3.8, 4) is 17.2 Å². The Labute approximate surface area is 213 Å². The number of carbonyl (C=O) groups is 1. The van der Waals surface area contributed by atoms with E-state index >= 15 is 0 Å². The number of hydrogen-bond donors (Lipinski definition) is 1. The molecule has 2 aliphatic carbocycles. The number of carbonyl (C=O) groups excluding carboxylic acids is 1. The second kappa shape index (κ2) is 8.41. The van der Waals surface area contributed by atoms with Crippen molar-refractivity contribution in [1.82, 2.24) is 9.80 Å². The van der Waals surface area contributed by atoms with Gasteiger partial charge in [-0.05, 0) is 80.6 Å². The molecule has 6 rings (SSSR count). The first kappa shape index (κ1) is 24.2. The third kappa shape index (κ3) is 3.77. The number of likely N-dealkylation sites (N-methyl/N-ethyl adjacent to an activating group) is 2. The monoisotopic (exact) mass is 514 g/mol. The second-order valence-corrected chi connectivity index (χ2v) is 10.7. The molecule has 2 unspecified atom stereocenters. The Hall–Kier alpha value is -3.20.